The summed E-state index contributed by atoms with van der Waals surface area (Å²) in [6.07, 6.45) is -3.99. The van der Waals surface area contributed by atoms with Crippen molar-refractivity contribution < 1.29 is 18.0 Å². The number of nitrogens with one attached hydrogen (secondary N) is 1. The quantitative estimate of drug-likeness (QED) is 0.873. The summed E-state index contributed by atoms with van der Waals surface area (Å²) >= 11 is 0. The fourth-order valence-electron chi connectivity index (χ4n) is 1.62. The Labute approximate surface area is 115 Å². The molecule has 8 heteroatoms. The third-order valence-electron chi connectivity index (χ3n) is 2.39. The first kappa shape index (κ1) is 16.2. The number of halogens is 3. The fourth-order valence-corrected chi connectivity index (χ4v) is 1.62. The van der Waals surface area contributed by atoms with Crippen molar-refractivity contribution in [1.82, 2.24) is 15.1 Å². The van der Waals surface area contributed by atoms with E-state index in [2.05, 4.69) is 15.5 Å². The van der Waals surface area contributed by atoms with Gasteiger partial charge in [0.25, 0.3) is 5.91 Å². The van der Waals surface area contributed by atoms with Gasteiger partial charge < -0.3 is 10.2 Å². The summed E-state index contributed by atoms with van der Waals surface area (Å²) in [4.78, 5) is 12.7. The lowest BCUT2D eigenvalue weighted by atomic mass is 10.3. The zero-order valence-corrected chi connectivity index (χ0v) is 11.4. The number of hydrogen-bond acceptors (Lipinski definition) is 4. The molecule has 0 fully saturated rings. The van der Waals surface area contributed by atoms with Crippen LogP contribution in [-0.4, -0.2) is 46.8 Å². The van der Waals surface area contributed by atoms with Crippen molar-refractivity contribution in [2.75, 3.05) is 25.0 Å². The summed E-state index contributed by atoms with van der Waals surface area (Å²) in [5, 5.41) is 10.3. The maximum atomic E-state index is 12.4. The molecule has 0 radical (unpaired) electrons. The number of hydrogen-bond donors (Lipinski definition) is 1. The van der Waals surface area contributed by atoms with Crippen LogP contribution >= 0.6 is 0 Å². The van der Waals surface area contributed by atoms with E-state index in [0.717, 1.165) is 4.90 Å². The van der Waals surface area contributed by atoms with Gasteiger partial charge in [-0.2, -0.15) is 13.2 Å². The molecule has 1 N–H and O–H groups in total. The van der Waals surface area contributed by atoms with Crippen molar-refractivity contribution >= 4 is 11.7 Å². The van der Waals surface area contributed by atoms with Gasteiger partial charge in [0.05, 0.1) is 0 Å². The van der Waals surface area contributed by atoms with Crippen LogP contribution in [0.4, 0.5) is 19.0 Å². The number of aromatic nitrogens is 2. The molecule has 0 saturated carbocycles. The summed E-state index contributed by atoms with van der Waals surface area (Å²) in [5.41, 5.74) is -0.0932. The highest BCUT2D eigenvalue weighted by molar-refractivity contribution is 5.92. The number of rotatable bonds is 6. The van der Waals surface area contributed by atoms with Gasteiger partial charge in [-0.15, -0.1) is 10.2 Å². The van der Waals surface area contributed by atoms with Crippen LogP contribution in [0.25, 0.3) is 0 Å². The Morgan fingerprint density at radius 3 is 2.45 bits per heavy atom. The molecule has 20 heavy (non-hydrogen) atoms. The number of amides is 1. The molecule has 0 aliphatic carbocycles. The third-order valence-corrected chi connectivity index (χ3v) is 2.39. The molecule has 0 bridgehead atoms. The molecular formula is C12H17F3N4O. The molecule has 1 rings (SSSR count). The molecule has 5 nitrogen and oxygen atoms in total. The maximum absolute atomic E-state index is 12.4. The minimum atomic E-state index is -4.43. The minimum absolute atomic E-state index is 0.0228. The molecule has 1 amide bonds. The largest absolute Gasteiger partial charge is 0.406 e. The summed E-state index contributed by atoms with van der Waals surface area (Å²) < 4.78 is 37.3. The summed E-state index contributed by atoms with van der Waals surface area (Å²) in [6, 6.07) is 2.88. The Hall–Kier alpha value is -1.86. The van der Waals surface area contributed by atoms with Crippen LogP contribution in [0.1, 0.15) is 30.8 Å². The van der Waals surface area contributed by atoms with Crippen molar-refractivity contribution in [3.63, 3.8) is 0 Å². The van der Waals surface area contributed by atoms with E-state index >= 15 is 0 Å². The molecule has 0 spiro atoms. The van der Waals surface area contributed by atoms with Crippen molar-refractivity contribution in [2.24, 2.45) is 0 Å². The Balaban J connectivity index is 2.83. The molecule has 0 atom stereocenters. The first-order chi connectivity index (χ1) is 9.37. The molecule has 112 valence electrons. The van der Waals surface area contributed by atoms with Crippen LogP contribution in [0.2, 0.25) is 0 Å². The predicted octanol–water partition coefficient (Wildman–Crippen LogP) is 2.32. The summed E-state index contributed by atoms with van der Waals surface area (Å²) in [5.74, 6) is -0.290. The van der Waals surface area contributed by atoms with Crippen LogP contribution in [0, 0.1) is 0 Å². The lowest BCUT2D eigenvalue weighted by Crippen LogP contribution is -2.39. The highest BCUT2D eigenvalue weighted by atomic mass is 19.4. The first-order valence-corrected chi connectivity index (χ1v) is 6.31. The average molecular weight is 290 g/mol. The van der Waals surface area contributed by atoms with E-state index < -0.39 is 18.6 Å². The van der Waals surface area contributed by atoms with E-state index in [9.17, 15) is 18.0 Å². The van der Waals surface area contributed by atoms with E-state index in [1.165, 1.54) is 12.1 Å². The minimum Gasteiger partial charge on any atom is -0.369 e. The molecule has 1 aromatic rings. The Kier molecular flexibility index (Phi) is 5.72. The number of anilines is 1. The monoisotopic (exact) mass is 290 g/mol. The van der Waals surface area contributed by atoms with Crippen molar-refractivity contribution in [1.29, 1.82) is 0 Å². The van der Waals surface area contributed by atoms with E-state index in [0.29, 0.717) is 18.8 Å². The second kappa shape index (κ2) is 7.06. The van der Waals surface area contributed by atoms with Gasteiger partial charge in [-0.3, -0.25) is 4.79 Å². The van der Waals surface area contributed by atoms with E-state index in [1.807, 2.05) is 6.92 Å². The molecule has 1 heterocycles. The van der Waals surface area contributed by atoms with Gasteiger partial charge in [-0.25, -0.2) is 0 Å². The number of alkyl halides is 3. The Morgan fingerprint density at radius 1 is 1.30 bits per heavy atom. The number of carbonyl (C=O) groups excluding carboxylic acids is 1. The molecular weight excluding hydrogens is 273 g/mol. The van der Waals surface area contributed by atoms with Gasteiger partial charge in [0, 0.05) is 13.1 Å². The summed E-state index contributed by atoms with van der Waals surface area (Å²) in [7, 11) is 0. The lowest BCUT2D eigenvalue weighted by Gasteiger charge is -2.22. The van der Waals surface area contributed by atoms with Gasteiger partial charge in [0.2, 0.25) is 0 Å². The smallest absolute Gasteiger partial charge is 0.369 e. The molecule has 1 aromatic heterocycles. The second-order valence-electron chi connectivity index (χ2n) is 4.18. The van der Waals surface area contributed by atoms with Crippen molar-refractivity contribution in [3.05, 3.63) is 17.8 Å². The second-order valence-corrected chi connectivity index (χ2v) is 4.18. The van der Waals surface area contributed by atoms with Gasteiger partial charge in [-0.1, -0.05) is 6.92 Å². The highest BCUT2D eigenvalue weighted by Crippen LogP contribution is 2.18. The Morgan fingerprint density at radius 2 is 2.00 bits per heavy atom. The van der Waals surface area contributed by atoms with Crippen LogP contribution in [0.15, 0.2) is 12.1 Å². The first-order valence-electron chi connectivity index (χ1n) is 6.31. The lowest BCUT2D eigenvalue weighted by molar-refractivity contribution is -0.140. The topological polar surface area (TPSA) is 58.1 Å². The van der Waals surface area contributed by atoms with Crippen LogP contribution in [0.5, 0.6) is 0 Å². The molecule has 0 unspecified atom stereocenters. The maximum Gasteiger partial charge on any atom is 0.406 e. The summed E-state index contributed by atoms with van der Waals surface area (Å²) in [6.45, 7) is 2.95. The van der Waals surface area contributed by atoms with Gasteiger partial charge in [-0.05, 0) is 25.5 Å². The van der Waals surface area contributed by atoms with Gasteiger partial charge in [0.1, 0.15) is 12.4 Å². The van der Waals surface area contributed by atoms with Crippen molar-refractivity contribution in [2.45, 2.75) is 26.4 Å². The number of carbonyl (C=O) groups is 1. The molecule has 0 aliphatic rings. The fraction of sp³-hybridized carbons (Fsp3) is 0.583. The number of nitrogens with zero attached hydrogens (tertiary/aromatic N) is 3. The zero-order chi connectivity index (χ0) is 15.2. The molecule has 0 aliphatic heterocycles. The predicted molar refractivity (Wildman–Crippen MR) is 68.4 cm³/mol. The van der Waals surface area contributed by atoms with E-state index in [4.69, 9.17) is 0 Å². The standard InChI is InChI=1S/C12H17F3N4O/c1-3-7-19(8-12(13,14)15)11(20)9-5-6-10(16-4-2)18-17-9/h5-6H,3-4,7-8H2,1-2H3,(H,16,18). The Bertz CT molecular complexity index is 433. The zero-order valence-electron chi connectivity index (χ0n) is 11.4. The van der Waals surface area contributed by atoms with Crippen LogP contribution in [-0.2, 0) is 0 Å². The third kappa shape index (κ3) is 5.02. The molecule has 0 saturated heterocycles. The van der Waals surface area contributed by atoms with E-state index in [-0.39, 0.29) is 12.2 Å². The normalized spacial score (nSPS) is 11.2. The van der Waals surface area contributed by atoms with Crippen LogP contribution < -0.4 is 5.32 Å². The highest BCUT2D eigenvalue weighted by Gasteiger charge is 2.33. The van der Waals surface area contributed by atoms with E-state index in [1.54, 1.807) is 6.92 Å². The average Bonchev–Trinajstić information content (AvgIpc) is 2.37. The SMILES string of the molecule is CCCN(CC(F)(F)F)C(=O)c1ccc(NCC)nn1. The van der Waals surface area contributed by atoms with Crippen LogP contribution in [0.3, 0.4) is 0 Å². The van der Waals surface area contributed by atoms with Crippen molar-refractivity contribution in [3.8, 4) is 0 Å². The van der Waals surface area contributed by atoms with Gasteiger partial charge in [0.15, 0.2) is 5.69 Å². The van der Waals surface area contributed by atoms with Gasteiger partial charge >= 0.3 is 6.18 Å². The molecule has 0 aromatic carbocycles.